The van der Waals surface area contributed by atoms with Gasteiger partial charge in [-0.2, -0.15) is 0 Å². The standard InChI is InChI=1S/C16H21BrN2O4/c1-3-22-14(20)9-7-12(8-10-15(21)23-4-2)19-16-13(17)6-5-11-18-16/h5-6,11H,3-4,7-10H2,1-2H3. The van der Waals surface area contributed by atoms with Gasteiger partial charge in [0, 0.05) is 11.9 Å². The lowest BCUT2D eigenvalue weighted by Gasteiger charge is -2.07. The Labute approximate surface area is 144 Å². The van der Waals surface area contributed by atoms with Gasteiger partial charge in [-0.1, -0.05) is 0 Å². The topological polar surface area (TPSA) is 77.9 Å². The molecule has 0 atom stereocenters. The molecule has 0 bridgehead atoms. The zero-order valence-corrected chi connectivity index (χ0v) is 15.0. The van der Waals surface area contributed by atoms with Gasteiger partial charge in [0.1, 0.15) is 0 Å². The first-order valence-corrected chi connectivity index (χ1v) is 8.34. The second kappa shape index (κ2) is 10.9. The SMILES string of the molecule is CCOC(=O)CCC(CCC(=O)OCC)=Nc1ncccc1Br. The minimum atomic E-state index is -0.281. The molecule has 23 heavy (non-hydrogen) atoms. The summed E-state index contributed by atoms with van der Waals surface area (Å²) in [7, 11) is 0. The van der Waals surface area contributed by atoms with Crippen molar-refractivity contribution in [2.45, 2.75) is 39.5 Å². The van der Waals surface area contributed by atoms with Crippen LogP contribution in [-0.4, -0.2) is 35.8 Å². The van der Waals surface area contributed by atoms with Gasteiger partial charge >= 0.3 is 11.9 Å². The monoisotopic (exact) mass is 384 g/mol. The third-order valence-electron chi connectivity index (χ3n) is 2.85. The van der Waals surface area contributed by atoms with Crippen LogP contribution < -0.4 is 0 Å². The number of aliphatic imine (C=N–C) groups is 1. The van der Waals surface area contributed by atoms with Crippen molar-refractivity contribution in [3.05, 3.63) is 22.8 Å². The highest BCUT2D eigenvalue weighted by Gasteiger charge is 2.11. The first-order chi connectivity index (χ1) is 11.1. The molecule has 1 heterocycles. The summed E-state index contributed by atoms with van der Waals surface area (Å²) >= 11 is 3.38. The van der Waals surface area contributed by atoms with Gasteiger partial charge in [-0.25, -0.2) is 9.98 Å². The van der Waals surface area contributed by atoms with E-state index in [0.717, 1.165) is 4.47 Å². The van der Waals surface area contributed by atoms with E-state index < -0.39 is 0 Å². The number of aromatic nitrogens is 1. The minimum Gasteiger partial charge on any atom is -0.466 e. The van der Waals surface area contributed by atoms with Crippen molar-refractivity contribution in [3.63, 3.8) is 0 Å². The Bertz CT molecular complexity index is 537. The number of esters is 2. The van der Waals surface area contributed by atoms with Crippen molar-refractivity contribution >= 4 is 39.4 Å². The van der Waals surface area contributed by atoms with E-state index in [4.69, 9.17) is 9.47 Å². The van der Waals surface area contributed by atoms with Crippen LogP contribution in [0.1, 0.15) is 39.5 Å². The van der Waals surface area contributed by atoms with E-state index in [0.29, 0.717) is 37.6 Å². The number of rotatable bonds is 9. The smallest absolute Gasteiger partial charge is 0.306 e. The molecule has 0 saturated heterocycles. The lowest BCUT2D eigenvalue weighted by molar-refractivity contribution is -0.143. The normalized spacial score (nSPS) is 10.0. The molecule has 0 aromatic carbocycles. The fourth-order valence-corrected chi connectivity index (χ4v) is 2.15. The molecule has 0 aliphatic heterocycles. The van der Waals surface area contributed by atoms with Gasteiger partial charge in [-0.05, 0) is 54.8 Å². The summed E-state index contributed by atoms with van der Waals surface area (Å²) < 4.78 is 10.6. The third-order valence-corrected chi connectivity index (χ3v) is 3.47. The maximum atomic E-state index is 11.5. The van der Waals surface area contributed by atoms with Crippen LogP contribution in [0.25, 0.3) is 0 Å². The van der Waals surface area contributed by atoms with Crippen LogP contribution in [0.15, 0.2) is 27.8 Å². The predicted molar refractivity (Wildman–Crippen MR) is 90.8 cm³/mol. The van der Waals surface area contributed by atoms with Gasteiger partial charge in [-0.15, -0.1) is 0 Å². The summed E-state index contributed by atoms with van der Waals surface area (Å²) in [5.41, 5.74) is 0.713. The van der Waals surface area contributed by atoms with Crippen molar-refractivity contribution in [3.8, 4) is 0 Å². The Hall–Kier alpha value is -1.76. The van der Waals surface area contributed by atoms with Gasteiger partial charge in [0.15, 0.2) is 5.82 Å². The van der Waals surface area contributed by atoms with Crippen molar-refractivity contribution in [1.82, 2.24) is 4.98 Å². The van der Waals surface area contributed by atoms with Crippen molar-refractivity contribution in [2.75, 3.05) is 13.2 Å². The van der Waals surface area contributed by atoms with Crippen LogP contribution in [-0.2, 0) is 19.1 Å². The predicted octanol–water partition coefficient (Wildman–Crippen LogP) is 3.60. The maximum Gasteiger partial charge on any atom is 0.306 e. The Balaban J connectivity index is 2.77. The zero-order chi connectivity index (χ0) is 17.1. The number of carbonyl (C=O) groups is 2. The number of halogens is 1. The summed E-state index contributed by atoms with van der Waals surface area (Å²) in [4.78, 5) is 31.7. The van der Waals surface area contributed by atoms with Gasteiger partial charge in [0.05, 0.1) is 30.5 Å². The molecule has 1 rings (SSSR count). The number of hydrogen-bond donors (Lipinski definition) is 0. The molecular formula is C16H21BrN2O4. The van der Waals surface area contributed by atoms with Crippen molar-refractivity contribution in [1.29, 1.82) is 0 Å². The molecular weight excluding hydrogens is 364 g/mol. The summed E-state index contributed by atoms with van der Waals surface area (Å²) in [6.07, 6.45) is 2.92. The second-order valence-electron chi connectivity index (χ2n) is 4.60. The molecule has 0 aliphatic rings. The fraction of sp³-hybridized carbons (Fsp3) is 0.500. The van der Waals surface area contributed by atoms with Crippen molar-refractivity contribution < 1.29 is 19.1 Å². The quantitative estimate of drug-likeness (QED) is 0.480. The average molecular weight is 385 g/mol. The minimum absolute atomic E-state index is 0.222. The molecule has 1 aromatic heterocycles. The lowest BCUT2D eigenvalue weighted by Crippen LogP contribution is -2.11. The van der Waals surface area contributed by atoms with Gasteiger partial charge in [0.25, 0.3) is 0 Å². The number of hydrogen-bond acceptors (Lipinski definition) is 6. The summed E-state index contributed by atoms with van der Waals surface area (Å²) in [6, 6.07) is 3.63. The highest BCUT2D eigenvalue weighted by molar-refractivity contribution is 9.10. The van der Waals surface area contributed by atoms with Gasteiger partial charge in [0.2, 0.25) is 0 Å². The molecule has 0 spiro atoms. The third kappa shape index (κ3) is 7.88. The molecule has 0 aliphatic carbocycles. The largest absolute Gasteiger partial charge is 0.466 e. The van der Waals surface area contributed by atoms with Gasteiger partial charge in [-0.3, -0.25) is 9.59 Å². The molecule has 0 N–H and O–H groups in total. The van der Waals surface area contributed by atoms with Crippen molar-refractivity contribution in [2.24, 2.45) is 4.99 Å². The Morgan fingerprint density at radius 1 is 1.09 bits per heavy atom. The van der Waals surface area contributed by atoms with E-state index >= 15 is 0 Å². The molecule has 0 radical (unpaired) electrons. The number of carbonyl (C=O) groups excluding carboxylic acids is 2. The Morgan fingerprint density at radius 3 is 2.13 bits per heavy atom. The van der Waals surface area contributed by atoms with Crippen LogP contribution in [0.4, 0.5) is 5.82 Å². The van der Waals surface area contributed by atoms with Crippen LogP contribution in [0, 0.1) is 0 Å². The molecule has 1 aromatic rings. The van der Waals surface area contributed by atoms with E-state index in [1.54, 1.807) is 26.1 Å². The number of pyridine rings is 1. The lowest BCUT2D eigenvalue weighted by atomic mass is 10.1. The first-order valence-electron chi connectivity index (χ1n) is 7.55. The highest BCUT2D eigenvalue weighted by Crippen LogP contribution is 2.23. The molecule has 0 unspecified atom stereocenters. The Morgan fingerprint density at radius 2 is 1.65 bits per heavy atom. The molecule has 0 saturated carbocycles. The highest BCUT2D eigenvalue weighted by atomic mass is 79.9. The summed E-state index contributed by atoms with van der Waals surface area (Å²) in [5.74, 6) is -0.0388. The fourth-order valence-electron chi connectivity index (χ4n) is 1.81. The zero-order valence-electron chi connectivity index (χ0n) is 13.4. The summed E-state index contributed by atoms with van der Waals surface area (Å²) in [6.45, 7) is 4.22. The van der Waals surface area contributed by atoms with E-state index in [1.165, 1.54) is 0 Å². The van der Waals surface area contributed by atoms with Gasteiger partial charge < -0.3 is 9.47 Å². The second-order valence-corrected chi connectivity index (χ2v) is 5.45. The number of nitrogens with zero attached hydrogens (tertiary/aromatic N) is 2. The van der Waals surface area contributed by atoms with Crippen LogP contribution in [0.3, 0.4) is 0 Å². The summed E-state index contributed by atoms with van der Waals surface area (Å²) in [5, 5.41) is 0. The molecule has 7 heteroatoms. The maximum absolute atomic E-state index is 11.5. The molecule has 126 valence electrons. The average Bonchev–Trinajstić information content (AvgIpc) is 2.52. The van der Waals surface area contributed by atoms with Crippen LogP contribution >= 0.6 is 15.9 Å². The van der Waals surface area contributed by atoms with E-state index in [9.17, 15) is 9.59 Å². The van der Waals surface area contributed by atoms with Crippen LogP contribution in [0.2, 0.25) is 0 Å². The van der Waals surface area contributed by atoms with Crippen LogP contribution in [0.5, 0.6) is 0 Å². The van der Waals surface area contributed by atoms with E-state index in [1.807, 2.05) is 6.07 Å². The Kier molecular flexibility index (Phi) is 9.12. The van der Waals surface area contributed by atoms with E-state index in [2.05, 4.69) is 25.9 Å². The molecule has 0 fully saturated rings. The first kappa shape index (κ1) is 19.3. The molecule has 0 amide bonds. The number of ether oxygens (including phenoxy) is 2. The molecule has 6 nitrogen and oxygen atoms in total. The van der Waals surface area contributed by atoms with E-state index in [-0.39, 0.29) is 24.8 Å².